The molecule has 0 saturated heterocycles. The van der Waals surface area contributed by atoms with Gasteiger partial charge in [-0.15, -0.1) is 0 Å². The summed E-state index contributed by atoms with van der Waals surface area (Å²) in [5, 5.41) is 1.05. The van der Waals surface area contributed by atoms with Gasteiger partial charge < -0.3 is 11.5 Å². The second-order valence-corrected chi connectivity index (χ2v) is 3.44. The number of fused-ring (bicyclic) bond motifs is 1. The predicted octanol–water partition coefficient (Wildman–Crippen LogP) is 1.84. The van der Waals surface area contributed by atoms with Crippen LogP contribution < -0.4 is 11.5 Å². The molecule has 0 spiro atoms. The van der Waals surface area contributed by atoms with Crippen LogP contribution in [0.2, 0.25) is 0 Å². The van der Waals surface area contributed by atoms with Gasteiger partial charge in [0, 0.05) is 11.4 Å². The minimum absolute atomic E-state index is 0.0565. The summed E-state index contributed by atoms with van der Waals surface area (Å²) in [6, 6.07) is 9.64. The monoisotopic (exact) mass is 187 g/mol. The number of hydrogen-bond acceptors (Lipinski definition) is 3. The summed E-state index contributed by atoms with van der Waals surface area (Å²) in [5.41, 5.74) is 14.0. The Hall–Kier alpha value is -1.61. The van der Waals surface area contributed by atoms with Crippen molar-refractivity contribution in [3.63, 3.8) is 0 Å². The highest BCUT2D eigenvalue weighted by Crippen LogP contribution is 2.20. The minimum Gasteiger partial charge on any atom is -0.397 e. The second kappa shape index (κ2) is 3.27. The molecule has 0 bridgehead atoms. The first kappa shape index (κ1) is 8.97. The van der Waals surface area contributed by atoms with E-state index in [1.807, 2.05) is 37.3 Å². The number of pyridine rings is 1. The van der Waals surface area contributed by atoms with Crippen molar-refractivity contribution in [1.29, 1.82) is 0 Å². The molecule has 72 valence electrons. The lowest BCUT2D eigenvalue weighted by Crippen LogP contribution is -2.07. The average Bonchev–Trinajstić information content (AvgIpc) is 2.18. The molecule has 2 aromatic rings. The molecule has 1 heterocycles. The van der Waals surface area contributed by atoms with Crippen molar-refractivity contribution in [1.82, 2.24) is 4.98 Å². The zero-order valence-corrected chi connectivity index (χ0v) is 8.07. The number of nitrogen functional groups attached to an aromatic ring is 1. The van der Waals surface area contributed by atoms with Gasteiger partial charge in [0.25, 0.3) is 0 Å². The normalized spacial score (nSPS) is 13.0. The summed E-state index contributed by atoms with van der Waals surface area (Å²) in [4.78, 5) is 4.42. The first-order chi connectivity index (χ1) is 6.68. The fourth-order valence-corrected chi connectivity index (χ4v) is 1.44. The van der Waals surface area contributed by atoms with E-state index in [4.69, 9.17) is 11.5 Å². The number of rotatable bonds is 1. The van der Waals surface area contributed by atoms with E-state index >= 15 is 0 Å². The van der Waals surface area contributed by atoms with Gasteiger partial charge in [0.05, 0.1) is 16.9 Å². The van der Waals surface area contributed by atoms with Gasteiger partial charge in [-0.25, -0.2) is 4.98 Å². The summed E-state index contributed by atoms with van der Waals surface area (Å²) < 4.78 is 0. The van der Waals surface area contributed by atoms with Crippen molar-refractivity contribution in [3.05, 3.63) is 36.0 Å². The summed E-state index contributed by atoms with van der Waals surface area (Å²) in [7, 11) is 0. The second-order valence-electron chi connectivity index (χ2n) is 3.44. The van der Waals surface area contributed by atoms with Gasteiger partial charge in [-0.2, -0.15) is 0 Å². The first-order valence-electron chi connectivity index (χ1n) is 4.59. The lowest BCUT2D eigenvalue weighted by molar-refractivity contribution is 0.787. The van der Waals surface area contributed by atoms with Crippen LogP contribution in [-0.4, -0.2) is 4.98 Å². The molecule has 0 radical (unpaired) electrons. The third kappa shape index (κ3) is 1.42. The maximum atomic E-state index is 5.82. The predicted molar refractivity (Wildman–Crippen MR) is 58.8 cm³/mol. The maximum Gasteiger partial charge on any atom is 0.0935 e. The first-order valence-corrected chi connectivity index (χ1v) is 4.59. The van der Waals surface area contributed by atoms with E-state index in [0.717, 1.165) is 16.6 Å². The molecular formula is C11H13N3. The molecule has 0 aliphatic rings. The zero-order valence-electron chi connectivity index (χ0n) is 8.07. The molecule has 14 heavy (non-hydrogen) atoms. The van der Waals surface area contributed by atoms with Crippen LogP contribution in [0.15, 0.2) is 30.3 Å². The molecular weight excluding hydrogens is 174 g/mol. The van der Waals surface area contributed by atoms with Crippen LogP contribution in [0.5, 0.6) is 0 Å². The van der Waals surface area contributed by atoms with Crippen LogP contribution in [0, 0.1) is 0 Å². The Morgan fingerprint density at radius 1 is 1.21 bits per heavy atom. The van der Waals surface area contributed by atoms with Crippen LogP contribution in [-0.2, 0) is 0 Å². The number of nitrogens with two attached hydrogens (primary N) is 2. The van der Waals surface area contributed by atoms with Crippen molar-refractivity contribution < 1.29 is 0 Å². The number of para-hydroxylation sites is 1. The molecule has 1 aromatic carbocycles. The number of hydrogen-bond donors (Lipinski definition) is 2. The SMILES string of the molecule is CC(N)c1ccc2cccc(N)c2n1. The number of nitrogens with zero attached hydrogens (tertiary/aromatic N) is 1. The summed E-state index contributed by atoms with van der Waals surface area (Å²) in [5.74, 6) is 0. The molecule has 0 saturated carbocycles. The van der Waals surface area contributed by atoms with Crippen LogP contribution in [0.1, 0.15) is 18.7 Å². The van der Waals surface area contributed by atoms with E-state index in [1.165, 1.54) is 0 Å². The third-order valence-corrected chi connectivity index (χ3v) is 2.24. The average molecular weight is 187 g/mol. The lowest BCUT2D eigenvalue weighted by atomic mass is 10.1. The number of anilines is 1. The van der Waals surface area contributed by atoms with Crippen molar-refractivity contribution >= 4 is 16.6 Å². The Morgan fingerprint density at radius 3 is 2.71 bits per heavy atom. The summed E-state index contributed by atoms with van der Waals surface area (Å²) in [6.45, 7) is 1.91. The van der Waals surface area contributed by atoms with Gasteiger partial charge in [0.15, 0.2) is 0 Å². The van der Waals surface area contributed by atoms with Crippen LogP contribution >= 0.6 is 0 Å². The van der Waals surface area contributed by atoms with Crippen molar-refractivity contribution in [3.8, 4) is 0 Å². The van der Waals surface area contributed by atoms with Crippen LogP contribution in [0.3, 0.4) is 0 Å². The van der Waals surface area contributed by atoms with Gasteiger partial charge in [0.2, 0.25) is 0 Å². The molecule has 4 N–H and O–H groups in total. The van der Waals surface area contributed by atoms with Crippen LogP contribution in [0.25, 0.3) is 10.9 Å². The van der Waals surface area contributed by atoms with Crippen molar-refractivity contribution in [2.75, 3.05) is 5.73 Å². The van der Waals surface area contributed by atoms with E-state index in [1.54, 1.807) is 0 Å². The van der Waals surface area contributed by atoms with Gasteiger partial charge in [0.1, 0.15) is 0 Å². The molecule has 0 aliphatic carbocycles. The van der Waals surface area contributed by atoms with Gasteiger partial charge in [-0.3, -0.25) is 0 Å². The van der Waals surface area contributed by atoms with E-state index in [-0.39, 0.29) is 6.04 Å². The standard InChI is InChI=1S/C11H13N3/c1-7(12)10-6-5-8-3-2-4-9(13)11(8)14-10/h2-7H,12-13H2,1H3. The minimum atomic E-state index is -0.0565. The zero-order chi connectivity index (χ0) is 10.1. The van der Waals surface area contributed by atoms with Crippen LogP contribution in [0.4, 0.5) is 5.69 Å². The van der Waals surface area contributed by atoms with E-state index in [0.29, 0.717) is 5.69 Å². The van der Waals surface area contributed by atoms with E-state index in [2.05, 4.69) is 4.98 Å². The molecule has 1 aromatic heterocycles. The Balaban J connectivity index is 2.70. The number of benzene rings is 1. The smallest absolute Gasteiger partial charge is 0.0935 e. The van der Waals surface area contributed by atoms with Gasteiger partial charge >= 0.3 is 0 Å². The fourth-order valence-electron chi connectivity index (χ4n) is 1.44. The highest BCUT2D eigenvalue weighted by Gasteiger charge is 2.03. The summed E-state index contributed by atoms with van der Waals surface area (Å²) in [6.07, 6.45) is 0. The van der Waals surface area contributed by atoms with Crippen molar-refractivity contribution in [2.24, 2.45) is 5.73 Å². The largest absolute Gasteiger partial charge is 0.397 e. The quantitative estimate of drug-likeness (QED) is 0.669. The molecule has 0 aliphatic heterocycles. The summed E-state index contributed by atoms with van der Waals surface area (Å²) >= 11 is 0. The number of aromatic nitrogens is 1. The molecule has 0 amide bonds. The Morgan fingerprint density at radius 2 is 2.00 bits per heavy atom. The molecule has 3 heteroatoms. The Bertz CT molecular complexity index is 463. The Kier molecular flexibility index (Phi) is 2.09. The molecule has 1 atom stereocenters. The highest BCUT2D eigenvalue weighted by molar-refractivity contribution is 5.89. The Labute approximate surface area is 82.7 Å². The van der Waals surface area contributed by atoms with Crippen molar-refractivity contribution in [2.45, 2.75) is 13.0 Å². The fraction of sp³-hybridized carbons (Fsp3) is 0.182. The molecule has 0 fully saturated rings. The van der Waals surface area contributed by atoms with Gasteiger partial charge in [-0.1, -0.05) is 18.2 Å². The molecule has 3 nitrogen and oxygen atoms in total. The molecule has 1 unspecified atom stereocenters. The van der Waals surface area contributed by atoms with E-state index in [9.17, 15) is 0 Å². The van der Waals surface area contributed by atoms with Gasteiger partial charge in [-0.05, 0) is 19.1 Å². The third-order valence-electron chi connectivity index (χ3n) is 2.24. The van der Waals surface area contributed by atoms with E-state index < -0.39 is 0 Å². The topological polar surface area (TPSA) is 64.9 Å². The maximum absolute atomic E-state index is 5.82. The molecule has 2 rings (SSSR count). The lowest BCUT2D eigenvalue weighted by Gasteiger charge is -2.07. The highest BCUT2D eigenvalue weighted by atomic mass is 14.8.